The lowest BCUT2D eigenvalue weighted by Crippen LogP contribution is -2.40. The second-order valence-electron chi connectivity index (χ2n) is 7.30. The smallest absolute Gasteiger partial charge is 0.389 e. The maximum atomic E-state index is 12.4. The van der Waals surface area contributed by atoms with Gasteiger partial charge in [-0.25, -0.2) is 4.79 Å². The third-order valence-electron chi connectivity index (χ3n) is 3.87. The van der Waals surface area contributed by atoms with Crippen LogP contribution in [0.4, 0.5) is 0 Å². The van der Waals surface area contributed by atoms with Crippen LogP contribution in [-0.4, -0.2) is 26.8 Å². The van der Waals surface area contributed by atoms with Crippen molar-refractivity contribution >= 4 is 5.91 Å². The summed E-state index contributed by atoms with van der Waals surface area (Å²) in [5.41, 5.74) is 0.500. The second kappa shape index (κ2) is 8.80. The minimum absolute atomic E-state index is 0.0744. The molecule has 2 aromatic rings. The molecule has 0 saturated carbocycles. The summed E-state index contributed by atoms with van der Waals surface area (Å²) < 4.78 is 6.33. The zero-order valence-electron chi connectivity index (χ0n) is 15.7. The maximum Gasteiger partial charge on any atom is 0.437 e. The number of aliphatic hydroxyl groups is 1. The van der Waals surface area contributed by atoms with E-state index in [1.54, 1.807) is 24.3 Å². The lowest BCUT2D eigenvalue weighted by atomic mass is 9.98. The summed E-state index contributed by atoms with van der Waals surface area (Å²) in [6.45, 7) is 8.29. The van der Waals surface area contributed by atoms with E-state index in [1.807, 2.05) is 33.8 Å². The molecule has 7 nitrogen and oxygen atoms in total. The average Bonchev–Trinajstić information content (AvgIpc) is 2.94. The van der Waals surface area contributed by atoms with Gasteiger partial charge in [0, 0.05) is 5.56 Å². The van der Waals surface area contributed by atoms with E-state index in [1.165, 1.54) is 4.68 Å². The van der Waals surface area contributed by atoms with Crippen molar-refractivity contribution in [3.8, 4) is 0 Å². The number of nitrogens with one attached hydrogen (secondary N) is 1. The molecule has 0 spiro atoms. The van der Waals surface area contributed by atoms with Crippen LogP contribution in [0.2, 0.25) is 0 Å². The fourth-order valence-electron chi connectivity index (χ4n) is 2.69. The Labute approximate surface area is 153 Å². The molecular weight excluding hydrogens is 334 g/mol. The van der Waals surface area contributed by atoms with Crippen LogP contribution in [0.15, 0.2) is 39.5 Å². The van der Waals surface area contributed by atoms with Crippen LogP contribution < -0.4 is 11.1 Å². The van der Waals surface area contributed by atoms with Gasteiger partial charge in [-0.05, 0) is 30.4 Å². The first-order valence-corrected chi connectivity index (χ1v) is 8.89. The molecule has 0 fully saturated rings. The van der Waals surface area contributed by atoms with Crippen LogP contribution in [0.3, 0.4) is 0 Å². The van der Waals surface area contributed by atoms with Gasteiger partial charge in [0.1, 0.15) is 0 Å². The zero-order valence-corrected chi connectivity index (χ0v) is 15.7. The topological polar surface area (TPSA) is 97.4 Å². The number of hydrogen-bond donors (Lipinski definition) is 2. The normalized spacial score (nSPS) is 13.8. The molecule has 7 heteroatoms. The molecule has 1 heterocycles. The predicted molar refractivity (Wildman–Crippen MR) is 97.7 cm³/mol. The Hall–Kier alpha value is -2.41. The Kier molecular flexibility index (Phi) is 6.74. The Morgan fingerprint density at radius 1 is 1.19 bits per heavy atom. The van der Waals surface area contributed by atoms with Gasteiger partial charge in [0.15, 0.2) is 6.10 Å². The standard InChI is InChI=1S/C19H27N3O4/c1-12(2)10-15(20-17(24)14-8-6-5-7-9-14)16(23)18-21-22(11-13(3)4)19(25)26-18/h5-9,12-13,15-16,23H,10-11H2,1-4H3,(H,20,24). The van der Waals surface area contributed by atoms with Crippen LogP contribution in [-0.2, 0) is 6.54 Å². The van der Waals surface area contributed by atoms with Crippen molar-refractivity contribution < 1.29 is 14.3 Å². The zero-order chi connectivity index (χ0) is 19.3. The highest BCUT2D eigenvalue weighted by Crippen LogP contribution is 2.20. The average molecular weight is 361 g/mol. The Morgan fingerprint density at radius 2 is 1.85 bits per heavy atom. The van der Waals surface area contributed by atoms with Crippen molar-refractivity contribution in [1.29, 1.82) is 0 Å². The maximum absolute atomic E-state index is 12.4. The molecule has 2 atom stereocenters. The number of hydrogen-bond acceptors (Lipinski definition) is 5. The first kappa shape index (κ1) is 19.9. The molecule has 0 aliphatic rings. The number of aromatic nitrogens is 2. The van der Waals surface area contributed by atoms with Gasteiger partial charge >= 0.3 is 5.76 Å². The van der Waals surface area contributed by atoms with Crippen molar-refractivity contribution in [2.24, 2.45) is 11.8 Å². The Bertz CT molecular complexity index is 765. The number of nitrogens with zero attached hydrogens (tertiary/aromatic N) is 2. The van der Waals surface area contributed by atoms with Crippen molar-refractivity contribution in [3.63, 3.8) is 0 Å². The van der Waals surface area contributed by atoms with E-state index in [9.17, 15) is 14.7 Å². The molecule has 0 bridgehead atoms. The van der Waals surface area contributed by atoms with Gasteiger partial charge in [-0.3, -0.25) is 4.79 Å². The molecule has 2 N–H and O–H groups in total. The minimum atomic E-state index is -1.20. The largest absolute Gasteiger partial charge is 0.437 e. The van der Waals surface area contributed by atoms with Crippen molar-refractivity contribution in [3.05, 3.63) is 52.3 Å². The first-order valence-electron chi connectivity index (χ1n) is 8.89. The summed E-state index contributed by atoms with van der Waals surface area (Å²) in [4.78, 5) is 24.4. The van der Waals surface area contributed by atoms with Crippen LogP contribution in [0.25, 0.3) is 0 Å². The van der Waals surface area contributed by atoms with Crippen molar-refractivity contribution in [2.75, 3.05) is 0 Å². The SMILES string of the molecule is CC(C)CC(NC(=O)c1ccccc1)C(O)c1nn(CC(C)C)c(=O)o1. The van der Waals surface area contributed by atoms with E-state index in [0.29, 0.717) is 18.5 Å². The van der Waals surface area contributed by atoms with Gasteiger partial charge in [-0.1, -0.05) is 45.9 Å². The molecule has 0 saturated heterocycles. The predicted octanol–water partition coefficient (Wildman–Crippen LogP) is 2.37. The summed E-state index contributed by atoms with van der Waals surface area (Å²) in [6.07, 6.45) is -0.688. The second-order valence-corrected chi connectivity index (χ2v) is 7.30. The molecule has 1 amide bonds. The highest BCUT2D eigenvalue weighted by atomic mass is 16.4. The fraction of sp³-hybridized carbons (Fsp3) is 0.526. The summed E-state index contributed by atoms with van der Waals surface area (Å²) in [5, 5.41) is 17.6. The third kappa shape index (κ3) is 5.29. The van der Waals surface area contributed by atoms with Gasteiger partial charge in [-0.15, -0.1) is 5.10 Å². The Morgan fingerprint density at radius 3 is 2.42 bits per heavy atom. The lowest BCUT2D eigenvalue weighted by Gasteiger charge is -2.23. The summed E-state index contributed by atoms with van der Waals surface area (Å²) >= 11 is 0. The number of aliphatic hydroxyl groups excluding tert-OH is 1. The van der Waals surface area contributed by atoms with E-state index >= 15 is 0 Å². The summed E-state index contributed by atoms with van der Waals surface area (Å²) in [6, 6.07) is 8.16. The molecule has 2 rings (SSSR count). The molecule has 0 aliphatic carbocycles. The lowest BCUT2D eigenvalue weighted by molar-refractivity contribution is 0.0710. The molecule has 0 radical (unpaired) electrons. The molecule has 1 aromatic heterocycles. The van der Waals surface area contributed by atoms with Crippen molar-refractivity contribution in [1.82, 2.24) is 15.1 Å². The summed E-state index contributed by atoms with van der Waals surface area (Å²) in [5.74, 6) is -0.540. The Balaban J connectivity index is 2.20. The van der Waals surface area contributed by atoms with Gasteiger partial charge in [-0.2, -0.15) is 4.68 Å². The molecule has 2 unspecified atom stereocenters. The van der Waals surface area contributed by atoms with Crippen LogP contribution in [0, 0.1) is 11.8 Å². The first-order chi connectivity index (χ1) is 12.3. The van der Waals surface area contributed by atoms with E-state index in [2.05, 4.69) is 10.4 Å². The van der Waals surface area contributed by atoms with Crippen LogP contribution in [0.5, 0.6) is 0 Å². The number of rotatable bonds is 8. The quantitative estimate of drug-likeness (QED) is 0.752. The summed E-state index contributed by atoms with van der Waals surface area (Å²) in [7, 11) is 0. The van der Waals surface area contributed by atoms with Gasteiger partial charge in [0.25, 0.3) is 5.91 Å². The van der Waals surface area contributed by atoms with E-state index in [4.69, 9.17) is 4.42 Å². The van der Waals surface area contributed by atoms with Gasteiger partial charge in [0.2, 0.25) is 5.89 Å². The number of carbonyl (C=O) groups excluding carboxylic acids is 1. The molecule has 26 heavy (non-hydrogen) atoms. The van der Waals surface area contributed by atoms with Crippen LogP contribution in [0.1, 0.15) is 56.5 Å². The van der Waals surface area contributed by atoms with Gasteiger partial charge < -0.3 is 14.8 Å². The van der Waals surface area contributed by atoms with Crippen molar-refractivity contribution in [2.45, 2.75) is 52.8 Å². The van der Waals surface area contributed by atoms with Crippen LogP contribution >= 0.6 is 0 Å². The van der Waals surface area contributed by atoms with E-state index in [-0.39, 0.29) is 23.6 Å². The monoisotopic (exact) mass is 361 g/mol. The number of benzene rings is 1. The van der Waals surface area contributed by atoms with Gasteiger partial charge in [0.05, 0.1) is 12.6 Å². The highest BCUT2D eigenvalue weighted by molar-refractivity contribution is 5.94. The molecule has 142 valence electrons. The third-order valence-corrected chi connectivity index (χ3v) is 3.87. The molecular formula is C19H27N3O4. The van der Waals surface area contributed by atoms with E-state index in [0.717, 1.165) is 0 Å². The number of amides is 1. The fourth-order valence-corrected chi connectivity index (χ4v) is 2.69. The highest BCUT2D eigenvalue weighted by Gasteiger charge is 2.29. The number of carbonyl (C=O) groups is 1. The molecule has 1 aromatic carbocycles. The molecule has 0 aliphatic heterocycles. The minimum Gasteiger partial charge on any atom is -0.389 e. The van der Waals surface area contributed by atoms with E-state index < -0.39 is 17.9 Å².